The Hall–Kier alpha value is -3.67. The van der Waals surface area contributed by atoms with Gasteiger partial charge in [0.1, 0.15) is 6.26 Å². The van der Waals surface area contributed by atoms with E-state index in [1.165, 1.54) is 5.56 Å². The van der Waals surface area contributed by atoms with Crippen LogP contribution in [0.5, 0.6) is 0 Å². The number of carbonyl (C=O) groups excluding carboxylic acids is 1. The normalized spacial score (nSPS) is 10.8. The SMILES string of the molecule is Cc1ccc(-n2nc(C(=O)NCCCc3ccccc3)nc2-c2ccoc2)cc1. The van der Waals surface area contributed by atoms with E-state index in [1.807, 2.05) is 49.4 Å². The minimum absolute atomic E-state index is 0.140. The van der Waals surface area contributed by atoms with E-state index >= 15 is 0 Å². The number of carbonyl (C=O) groups is 1. The molecule has 0 aliphatic heterocycles. The number of rotatable bonds is 7. The third-order valence-electron chi connectivity index (χ3n) is 4.64. The summed E-state index contributed by atoms with van der Waals surface area (Å²) in [6.07, 6.45) is 4.93. The summed E-state index contributed by atoms with van der Waals surface area (Å²) in [5.41, 5.74) is 4.00. The van der Waals surface area contributed by atoms with Crippen LogP contribution in [-0.2, 0) is 6.42 Å². The van der Waals surface area contributed by atoms with Crippen molar-refractivity contribution in [3.05, 3.63) is 90.1 Å². The Bertz CT molecular complexity index is 1070. The molecule has 6 heteroatoms. The molecular weight excluding hydrogens is 364 g/mol. The number of nitrogens with one attached hydrogen (secondary N) is 1. The van der Waals surface area contributed by atoms with Gasteiger partial charge in [-0.3, -0.25) is 4.79 Å². The zero-order valence-electron chi connectivity index (χ0n) is 16.2. The van der Waals surface area contributed by atoms with E-state index in [0.717, 1.165) is 29.7 Å². The Morgan fingerprint density at radius 3 is 2.59 bits per heavy atom. The fourth-order valence-electron chi connectivity index (χ4n) is 3.07. The van der Waals surface area contributed by atoms with Gasteiger partial charge in [-0.05, 0) is 43.5 Å². The second-order valence-corrected chi connectivity index (χ2v) is 6.86. The van der Waals surface area contributed by atoms with E-state index in [0.29, 0.717) is 12.4 Å². The highest BCUT2D eigenvalue weighted by Crippen LogP contribution is 2.22. The highest BCUT2D eigenvalue weighted by atomic mass is 16.3. The van der Waals surface area contributed by atoms with Crippen LogP contribution in [0.4, 0.5) is 0 Å². The predicted molar refractivity (Wildman–Crippen MR) is 111 cm³/mol. The number of aromatic nitrogens is 3. The molecule has 2 heterocycles. The third-order valence-corrected chi connectivity index (χ3v) is 4.64. The van der Waals surface area contributed by atoms with Gasteiger partial charge in [0.15, 0.2) is 5.82 Å². The molecule has 4 aromatic rings. The molecule has 146 valence electrons. The summed E-state index contributed by atoms with van der Waals surface area (Å²) in [5.74, 6) is 0.423. The number of nitrogens with zero attached hydrogens (tertiary/aromatic N) is 3. The van der Waals surface area contributed by atoms with Crippen LogP contribution in [0.2, 0.25) is 0 Å². The lowest BCUT2D eigenvalue weighted by atomic mass is 10.1. The second kappa shape index (κ2) is 8.56. The molecule has 0 bridgehead atoms. The fourth-order valence-corrected chi connectivity index (χ4v) is 3.07. The predicted octanol–water partition coefficient (Wildman–Crippen LogP) is 4.20. The molecular formula is C23H22N4O2. The zero-order valence-corrected chi connectivity index (χ0v) is 16.2. The number of furan rings is 1. The number of hydrogen-bond acceptors (Lipinski definition) is 4. The second-order valence-electron chi connectivity index (χ2n) is 6.86. The lowest BCUT2D eigenvalue weighted by Gasteiger charge is -2.04. The molecule has 2 aromatic heterocycles. The van der Waals surface area contributed by atoms with Gasteiger partial charge in [-0.2, -0.15) is 0 Å². The maximum Gasteiger partial charge on any atom is 0.290 e. The molecule has 4 rings (SSSR count). The van der Waals surface area contributed by atoms with Crippen LogP contribution in [0.15, 0.2) is 77.6 Å². The van der Waals surface area contributed by atoms with Crippen molar-refractivity contribution in [2.24, 2.45) is 0 Å². The van der Waals surface area contributed by atoms with Gasteiger partial charge in [0.05, 0.1) is 17.5 Å². The number of benzene rings is 2. The van der Waals surface area contributed by atoms with Gasteiger partial charge in [-0.15, -0.1) is 5.10 Å². The summed E-state index contributed by atoms with van der Waals surface area (Å²) in [4.78, 5) is 17.1. The molecule has 0 spiro atoms. The number of amides is 1. The van der Waals surface area contributed by atoms with Gasteiger partial charge >= 0.3 is 0 Å². The van der Waals surface area contributed by atoms with Crippen molar-refractivity contribution >= 4 is 5.91 Å². The molecule has 0 atom stereocenters. The molecule has 0 aliphatic rings. The van der Waals surface area contributed by atoms with Crippen molar-refractivity contribution in [3.63, 3.8) is 0 Å². The summed E-state index contributed by atoms with van der Waals surface area (Å²) >= 11 is 0. The highest BCUT2D eigenvalue weighted by Gasteiger charge is 2.19. The maximum atomic E-state index is 12.6. The van der Waals surface area contributed by atoms with Crippen molar-refractivity contribution in [2.45, 2.75) is 19.8 Å². The summed E-state index contributed by atoms with van der Waals surface area (Å²) < 4.78 is 6.86. The summed E-state index contributed by atoms with van der Waals surface area (Å²) in [6.45, 7) is 2.59. The van der Waals surface area contributed by atoms with E-state index in [9.17, 15) is 4.79 Å². The minimum Gasteiger partial charge on any atom is -0.472 e. The first kappa shape index (κ1) is 18.7. The van der Waals surface area contributed by atoms with E-state index in [2.05, 4.69) is 27.5 Å². The van der Waals surface area contributed by atoms with Crippen LogP contribution >= 0.6 is 0 Å². The van der Waals surface area contributed by atoms with Crippen molar-refractivity contribution in [1.29, 1.82) is 0 Å². The molecule has 2 aromatic carbocycles. The average Bonchev–Trinajstić information content (AvgIpc) is 3.42. The first-order valence-corrected chi connectivity index (χ1v) is 9.59. The first-order valence-electron chi connectivity index (χ1n) is 9.59. The Morgan fingerprint density at radius 1 is 1.07 bits per heavy atom. The van der Waals surface area contributed by atoms with Crippen LogP contribution < -0.4 is 5.32 Å². The topological polar surface area (TPSA) is 73.0 Å². The highest BCUT2D eigenvalue weighted by molar-refractivity contribution is 5.91. The molecule has 29 heavy (non-hydrogen) atoms. The van der Waals surface area contributed by atoms with Gasteiger partial charge in [-0.25, -0.2) is 9.67 Å². The lowest BCUT2D eigenvalue weighted by Crippen LogP contribution is -2.26. The Morgan fingerprint density at radius 2 is 1.86 bits per heavy atom. The smallest absolute Gasteiger partial charge is 0.290 e. The molecule has 6 nitrogen and oxygen atoms in total. The van der Waals surface area contributed by atoms with Gasteiger partial charge < -0.3 is 9.73 Å². The van der Waals surface area contributed by atoms with Crippen molar-refractivity contribution in [3.8, 4) is 17.1 Å². The van der Waals surface area contributed by atoms with Crippen LogP contribution in [0.25, 0.3) is 17.1 Å². The lowest BCUT2D eigenvalue weighted by molar-refractivity contribution is 0.0943. The first-order chi connectivity index (χ1) is 14.2. The molecule has 1 amide bonds. The largest absolute Gasteiger partial charge is 0.472 e. The monoisotopic (exact) mass is 386 g/mol. The molecule has 0 unspecified atom stereocenters. The van der Waals surface area contributed by atoms with Crippen LogP contribution in [-0.4, -0.2) is 27.2 Å². The summed E-state index contributed by atoms with van der Waals surface area (Å²) in [5, 5.41) is 7.37. The minimum atomic E-state index is -0.284. The van der Waals surface area contributed by atoms with E-state index < -0.39 is 0 Å². The van der Waals surface area contributed by atoms with Crippen LogP contribution in [0.3, 0.4) is 0 Å². The molecule has 0 saturated heterocycles. The fraction of sp³-hybridized carbons (Fsp3) is 0.174. The van der Waals surface area contributed by atoms with Crippen molar-refractivity contribution in [1.82, 2.24) is 20.1 Å². The zero-order chi connectivity index (χ0) is 20.1. The number of hydrogen-bond donors (Lipinski definition) is 1. The third kappa shape index (κ3) is 4.43. The Labute approximate surface area is 169 Å². The van der Waals surface area contributed by atoms with Crippen molar-refractivity contribution in [2.75, 3.05) is 6.54 Å². The average molecular weight is 386 g/mol. The standard InChI is InChI=1S/C23H22N4O2/c1-17-9-11-20(12-10-17)27-22(19-13-15-29-16-19)25-21(26-27)23(28)24-14-5-8-18-6-3-2-4-7-18/h2-4,6-7,9-13,15-16H,5,8,14H2,1H3,(H,24,28). The molecule has 1 N–H and O–H groups in total. The molecule has 0 radical (unpaired) electrons. The maximum absolute atomic E-state index is 12.6. The number of aryl methyl sites for hydroxylation is 2. The summed E-state index contributed by atoms with van der Waals surface area (Å²) in [7, 11) is 0. The van der Waals surface area contributed by atoms with Gasteiger partial charge in [0.25, 0.3) is 5.91 Å². The summed E-state index contributed by atoms with van der Waals surface area (Å²) in [6, 6.07) is 19.9. The van der Waals surface area contributed by atoms with Gasteiger partial charge in [-0.1, -0.05) is 48.0 Å². The van der Waals surface area contributed by atoms with Gasteiger partial charge in [0, 0.05) is 6.54 Å². The molecule has 0 fully saturated rings. The quantitative estimate of drug-likeness (QED) is 0.483. The Balaban J connectivity index is 1.49. The van der Waals surface area contributed by atoms with Gasteiger partial charge in [0.2, 0.25) is 5.82 Å². The van der Waals surface area contributed by atoms with Crippen LogP contribution in [0, 0.1) is 6.92 Å². The van der Waals surface area contributed by atoms with Crippen molar-refractivity contribution < 1.29 is 9.21 Å². The molecule has 0 saturated carbocycles. The molecule has 0 aliphatic carbocycles. The Kier molecular flexibility index (Phi) is 5.52. The van der Waals surface area contributed by atoms with Crippen LogP contribution in [0.1, 0.15) is 28.2 Å². The van der Waals surface area contributed by atoms with E-state index in [1.54, 1.807) is 23.3 Å². The van der Waals surface area contributed by atoms with E-state index in [4.69, 9.17) is 4.42 Å². The van der Waals surface area contributed by atoms with E-state index in [-0.39, 0.29) is 11.7 Å².